The Morgan fingerprint density at radius 3 is 2.76 bits per heavy atom. The average Bonchev–Trinajstić information content (AvgIpc) is 2.96. The first kappa shape index (κ1) is 13.0. The average molecular weight is 270 g/mol. The number of hydrogen-bond acceptors (Lipinski definition) is 1. The Bertz CT molecular complexity index is 859. The highest BCUT2D eigenvalue weighted by atomic mass is 14.8. The standard InChI is InChI=1S/C19H14N2/c1-2-3-9-17-14-21-19-18(17)16(12-13-20-19)11-10-15-7-5-4-6-8-15/h2-9,12-14H,1H2,(H,20,21)/b9-3+. The maximum Gasteiger partial charge on any atom is 0.139 e. The first-order chi connectivity index (χ1) is 10.4. The van der Waals surface area contributed by atoms with Crippen LogP contribution in [0, 0.1) is 11.8 Å². The Balaban J connectivity index is 2.10. The predicted octanol–water partition coefficient (Wildman–Crippen LogP) is 4.16. The third-order valence-electron chi connectivity index (χ3n) is 3.13. The van der Waals surface area contributed by atoms with Crippen molar-refractivity contribution < 1.29 is 0 Å². The first-order valence-corrected chi connectivity index (χ1v) is 6.71. The number of H-pyrrole nitrogens is 1. The second-order valence-electron chi connectivity index (χ2n) is 4.54. The summed E-state index contributed by atoms with van der Waals surface area (Å²) in [5.41, 5.74) is 3.88. The molecule has 0 fully saturated rings. The lowest BCUT2D eigenvalue weighted by atomic mass is 10.1. The van der Waals surface area contributed by atoms with Crippen molar-refractivity contribution in [2.24, 2.45) is 0 Å². The van der Waals surface area contributed by atoms with Gasteiger partial charge in [-0.15, -0.1) is 0 Å². The summed E-state index contributed by atoms with van der Waals surface area (Å²) in [6.07, 6.45) is 9.37. The maximum absolute atomic E-state index is 4.34. The molecule has 1 N–H and O–H groups in total. The Morgan fingerprint density at radius 1 is 1.10 bits per heavy atom. The zero-order chi connectivity index (χ0) is 14.5. The summed E-state index contributed by atoms with van der Waals surface area (Å²) in [6, 6.07) is 11.9. The zero-order valence-electron chi connectivity index (χ0n) is 11.5. The predicted molar refractivity (Wildman–Crippen MR) is 87.7 cm³/mol. The number of aromatic amines is 1. The molecule has 2 heteroatoms. The van der Waals surface area contributed by atoms with E-state index in [9.17, 15) is 0 Å². The van der Waals surface area contributed by atoms with Gasteiger partial charge in [-0.2, -0.15) is 0 Å². The Labute approximate surface area is 123 Å². The van der Waals surface area contributed by atoms with E-state index in [0.29, 0.717) is 0 Å². The first-order valence-electron chi connectivity index (χ1n) is 6.71. The number of fused-ring (bicyclic) bond motifs is 1. The van der Waals surface area contributed by atoms with Gasteiger partial charge in [0.15, 0.2) is 0 Å². The van der Waals surface area contributed by atoms with Crippen molar-refractivity contribution in [3.8, 4) is 11.8 Å². The van der Waals surface area contributed by atoms with Crippen LogP contribution in [0.25, 0.3) is 17.1 Å². The number of rotatable bonds is 2. The molecule has 0 aliphatic heterocycles. The summed E-state index contributed by atoms with van der Waals surface area (Å²) in [5.74, 6) is 6.43. The van der Waals surface area contributed by atoms with Crippen LogP contribution in [-0.2, 0) is 0 Å². The van der Waals surface area contributed by atoms with Gasteiger partial charge in [0.05, 0.1) is 0 Å². The van der Waals surface area contributed by atoms with Gasteiger partial charge < -0.3 is 4.98 Å². The lowest BCUT2D eigenvalue weighted by molar-refractivity contribution is 1.32. The number of hydrogen-bond donors (Lipinski definition) is 1. The fourth-order valence-corrected chi connectivity index (χ4v) is 2.15. The van der Waals surface area contributed by atoms with Crippen molar-refractivity contribution in [1.29, 1.82) is 0 Å². The molecule has 1 aromatic carbocycles. The normalized spacial score (nSPS) is 10.5. The number of nitrogens with zero attached hydrogens (tertiary/aromatic N) is 1. The van der Waals surface area contributed by atoms with Crippen LogP contribution in [0.15, 0.2) is 67.5 Å². The molecule has 3 rings (SSSR count). The van der Waals surface area contributed by atoms with E-state index in [2.05, 4.69) is 28.4 Å². The molecule has 0 amide bonds. The Hall–Kier alpha value is -3.05. The summed E-state index contributed by atoms with van der Waals surface area (Å²) in [7, 11) is 0. The smallest absolute Gasteiger partial charge is 0.139 e. The third kappa shape index (κ3) is 2.77. The third-order valence-corrected chi connectivity index (χ3v) is 3.13. The van der Waals surface area contributed by atoms with Crippen molar-refractivity contribution in [2.45, 2.75) is 0 Å². The van der Waals surface area contributed by atoms with Gasteiger partial charge in [0.1, 0.15) is 5.65 Å². The van der Waals surface area contributed by atoms with E-state index in [1.807, 2.05) is 54.7 Å². The van der Waals surface area contributed by atoms with Gasteiger partial charge in [-0.3, -0.25) is 0 Å². The van der Waals surface area contributed by atoms with E-state index in [-0.39, 0.29) is 0 Å². The molecule has 0 atom stereocenters. The lowest BCUT2D eigenvalue weighted by Gasteiger charge is -1.96. The van der Waals surface area contributed by atoms with Gasteiger partial charge in [0.2, 0.25) is 0 Å². The van der Waals surface area contributed by atoms with Crippen molar-refractivity contribution in [1.82, 2.24) is 9.97 Å². The number of aromatic nitrogens is 2. The molecule has 0 spiro atoms. The number of benzene rings is 1. The van der Waals surface area contributed by atoms with Gasteiger partial charge in [-0.05, 0) is 18.2 Å². The molecule has 0 aliphatic rings. The molecule has 0 radical (unpaired) electrons. The number of allylic oxidation sites excluding steroid dienone is 2. The van der Waals surface area contributed by atoms with Crippen LogP contribution < -0.4 is 0 Å². The van der Waals surface area contributed by atoms with Crippen LogP contribution in [0.5, 0.6) is 0 Å². The Kier molecular flexibility index (Phi) is 3.66. The summed E-state index contributed by atoms with van der Waals surface area (Å²) < 4.78 is 0. The molecule has 2 nitrogen and oxygen atoms in total. The van der Waals surface area contributed by atoms with Crippen molar-refractivity contribution >= 4 is 17.1 Å². The van der Waals surface area contributed by atoms with Crippen molar-refractivity contribution in [3.05, 3.63) is 84.2 Å². The molecule has 21 heavy (non-hydrogen) atoms. The lowest BCUT2D eigenvalue weighted by Crippen LogP contribution is -1.82. The SMILES string of the molecule is C=C/C=C/c1c[nH]c2nccc(C#Cc3ccccc3)c12. The van der Waals surface area contributed by atoms with Crippen LogP contribution in [0.1, 0.15) is 16.7 Å². The molecule has 2 heterocycles. The minimum Gasteiger partial charge on any atom is -0.345 e. The molecular weight excluding hydrogens is 256 g/mol. The molecule has 0 aliphatic carbocycles. The highest BCUT2D eigenvalue weighted by molar-refractivity contribution is 5.91. The molecule has 0 unspecified atom stereocenters. The van der Waals surface area contributed by atoms with E-state index in [1.165, 1.54) is 0 Å². The summed E-state index contributed by atoms with van der Waals surface area (Å²) >= 11 is 0. The minimum absolute atomic E-state index is 0.846. The van der Waals surface area contributed by atoms with E-state index < -0.39 is 0 Å². The molecule has 0 saturated carbocycles. The number of pyridine rings is 1. The van der Waals surface area contributed by atoms with Crippen LogP contribution in [0.4, 0.5) is 0 Å². The minimum atomic E-state index is 0.846. The summed E-state index contributed by atoms with van der Waals surface area (Å²) in [4.78, 5) is 7.51. The second kappa shape index (κ2) is 5.94. The van der Waals surface area contributed by atoms with Crippen LogP contribution in [0.3, 0.4) is 0 Å². The van der Waals surface area contributed by atoms with Gasteiger partial charge in [0.25, 0.3) is 0 Å². The molecule has 0 bridgehead atoms. The van der Waals surface area contributed by atoms with Gasteiger partial charge in [-0.25, -0.2) is 4.98 Å². The summed E-state index contributed by atoms with van der Waals surface area (Å²) in [6.45, 7) is 3.70. The monoisotopic (exact) mass is 270 g/mol. The largest absolute Gasteiger partial charge is 0.345 e. The van der Waals surface area contributed by atoms with Crippen molar-refractivity contribution in [3.63, 3.8) is 0 Å². The molecular formula is C19H14N2. The van der Waals surface area contributed by atoms with E-state index >= 15 is 0 Å². The fraction of sp³-hybridized carbons (Fsp3) is 0. The Morgan fingerprint density at radius 2 is 1.95 bits per heavy atom. The molecule has 100 valence electrons. The van der Waals surface area contributed by atoms with Gasteiger partial charge in [-0.1, -0.05) is 54.8 Å². The fourth-order valence-electron chi connectivity index (χ4n) is 2.15. The van der Waals surface area contributed by atoms with E-state index in [4.69, 9.17) is 0 Å². The summed E-state index contributed by atoms with van der Waals surface area (Å²) in [5, 5.41) is 1.04. The molecule has 0 saturated heterocycles. The molecule has 2 aromatic heterocycles. The van der Waals surface area contributed by atoms with Gasteiger partial charge >= 0.3 is 0 Å². The number of nitrogens with one attached hydrogen (secondary N) is 1. The maximum atomic E-state index is 4.34. The van der Waals surface area contributed by atoms with Crippen LogP contribution in [0.2, 0.25) is 0 Å². The highest BCUT2D eigenvalue weighted by Gasteiger charge is 2.05. The second-order valence-corrected chi connectivity index (χ2v) is 4.54. The van der Waals surface area contributed by atoms with Crippen molar-refractivity contribution in [2.75, 3.05) is 0 Å². The van der Waals surface area contributed by atoms with Crippen LogP contribution >= 0.6 is 0 Å². The quantitative estimate of drug-likeness (QED) is 0.549. The zero-order valence-corrected chi connectivity index (χ0v) is 11.5. The van der Waals surface area contributed by atoms with E-state index in [0.717, 1.165) is 27.7 Å². The highest BCUT2D eigenvalue weighted by Crippen LogP contribution is 2.21. The van der Waals surface area contributed by atoms with Crippen LogP contribution in [-0.4, -0.2) is 9.97 Å². The van der Waals surface area contributed by atoms with Gasteiger partial charge in [0, 0.05) is 34.5 Å². The van der Waals surface area contributed by atoms with E-state index in [1.54, 1.807) is 12.3 Å². The molecule has 3 aromatic rings. The topological polar surface area (TPSA) is 28.7 Å².